The van der Waals surface area contributed by atoms with E-state index in [9.17, 15) is 9.90 Å². The van der Waals surface area contributed by atoms with Crippen molar-refractivity contribution >= 4 is 34.8 Å². The first-order valence-corrected chi connectivity index (χ1v) is 7.47. The summed E-state index contributed by atoms with van der Waals surface area (Å²) in [5, 5.41) is 12.5. The van der Waals surface area contributed by atoms with Crippen LogP contribution in [0, 0.1) is 11.8 Å². The van der Waals surface area contributed by atoms with Crippen LogP contribution in [-0.4, -0.2) is 17.6 Å². The average molecular weight is 317 g/mol. The molecule has 6 heteroatoms. The molecule has 20 heavy (non-hydrogen) atoms. The minimum atomic E-state index is -0.177. The van der Waals surface area contributed by atoms with Crippen LogP contribution in [0.1, 0.15) is 25.7 Å². The van der Waals surface area contributed by atoms with Crippen molar-refractivity contribution in [2.45, 2.75) is 25.7 Å². The zero-order valence-corrected chi connectivity index (χ0v) is 12.5. The van der Waals surface area contributed by atoms with Gasteiger partial charge in [-0.2, -0.15) is 0 Å². The smallest absolute Gasteiger partial charge is 0.227 e. The number of carbonyl (C=O) groups excluding carboxylic acids is 1. The van der Waals surface area contributed by atoms with Crippen molar-refractivity contribution in [3.05, 3.63) is 22.2 Å². The molecule has 4 N–H and O–H groups in total. The summed E-state index contributed by atoms with van der Waals surface area (Å²) in [7, 11) is 0. The average Bonchev–Trinajstić information content (AvgIpc) is 2.44. The second-order valence-corrected chi connectivity index (χ2v) is 5.98. The van der Waals surface area contributed by atoms with Crippen LogP contribution < -0.4 is 11.1 Å². The van der Waals surface area contributed by atoms with Gasteiger partial charge in [-0.05, 0) is 37.4 Å². The molecule has 1 saturated carbocycles. The quantitative estimate of drug-likeness (QED) is 0.748. The van der Waals surface area contributed by atoms with E-state index in [1.165, 1.54) is 12.1 Å². The fourth-order valence-electron chi connectivity index (χ4n) is 2.71. The van der Waals surface area contributed by atoms with E-state index in [1.54, 1.807) is 0 Å². The topological polar surface area (TPSA) is 75.4 Å². The van der Waals surface area contributed by atoms with Gasteiger partial charge in [-0.1, -0.05) is 36.0 Å². The van der Waals surface area contributed by atoms with Crippen LogP contribution in [0.15, 0.2) is 12.1 Å². The standard InChI is InChI=1S/C14H18Cl2N2O2/c15-11-5-9(6-12(16)13(11)19)18-14(20)10-4-2-1-3-8(10)7-17/h5-6,8,10,19H,1-4,7,17H2,(H,18,20). The lowest BCUT2D eigenvalue weighted by Gasteiger charge is -2.29. The van der Waals surface area contributed by atoms with Crippen molar-refractivity contribution < 1.29 is 9.90 Å². The Hall–Kier alpha value is -0.970. The Morgan fingerprint density at radius 1 is 1.30 bits per heavy atom. The lowest BCUT2D eigenvalue weighted by molar-refractivity contribution is -0.122. The molecule has 1 aliphatic rings. The highest BCUT2D eigenvalue weighted by molar-refractivity contribution is 6.37. The summed E-state index contributed by atoms with van der Waals surface area (Å²) in [5.41, 5.74) is 6.23. The Balaban J connectivity index is 2.11. The first-order valence-electron chi connectivity index (χ1n) is 6.72. The summed E-state index contributed by atoms with van der Waals surface area (Å²) in [6, 6.07) is 2.97. The van der Waals surface area contributed by atoms with E-state index in [0.29, 0.717) is 12.2 Å². The van der Waals surface area contributed by atoms with Crippen molar-refractivity contribution in [3.8, 4) is 5.75 Å². The minimum absolute atomic E-state index is 0.0574. The number of nitrogens with one attached hydrogen (secondary N) is 1. The zero-order valence-electron chi connectivity index (χ0n) is 11.0. The molecule has 1 aliphatic carbocycles. The largest absolute Gasteiger partial charge is 0.505 e. The molecule has 0 radical (unpaired) electrons. The highest BCUT2D eigenvalue weighted by Crippen LogP contribution is 2.35. The molecular formula is C14H18Cl2N2O2. The van der Waals surface area contributed by atoms with E-state index in [4.69, 9.17) is 28.9 Å². The van der Waals surface area contributed by atoms with E-state index < -0.39 is 0 Å². The van der Waals surface area contributed by atoms with Gasteiger partial charge in [0.1, 0.15) is 0 Å². The molecule has 0 bridgehead atoms. The van der Waals surface area contributed by atoms with E-state index in [0.717, 1.165) is 25.7 Å². The Morgan fingerprint density at radius 2 is 1.90 bits per heavy atom. The van der Waals surface area contributed by atoms with Crippen LogP contribution in [0.25, 0.3) is 0 Å². The summed E-state index contributed by atoms with van der Waals surface area (Å²) in [4.78, 5) is 12.3. The third-order valence-corrected chi connectivity index (χ3v) is 4.41. The molecule has 0 saturated heterocycles. The van der Waals surface area contributed by atoms with Crippen LogP contribution in [0.5, 0.6) is 5.75 Å². The maximum absolute atomic E-state index is 12.3. The number of aromatic hydroxyl groups is 1. The molecule has 0 spiro atoms. The number of amides is 1. The number of rotatable bonds is 3. The van der Waals surface area contributed by atoms with Crippen molar-refractivity contribution in [3.63, 3.8) is 0 Å². The molecule has 1 fully saturated rings. The molecule has 0 aliphatic heterocycles. The van der Waals surface area contributed by atoms with Crippen molar-refractivity contribution in [1.82, 2.24) is 0 Å². The van der Waals surface area contributed by atoms with Crippen LogP contribution >= 0.6 is 23.2 Å². The van der Waals surface area contributed by atoms with Crippen molar-refractivity contribution in [2.24, 2.45) is 17.6 Å². The van der Waals surface area contributed by atoms with E-state index >= 15 is 0 Å². The molecule has 0 heterocycles. The van der Waals surface area contributed by atoms with E-state index in [2.05, 4.69) is 5.32 Å². The Bertz CT molecular complexity index is 485. The summed E-state index contributed by atoms with van der Waals surface area (Å²) in [6.45, 7) is 0.523. The monoisotopic (exact) mass is 316 g/mol. The van der Waals surface area contributed by atoms with Gasteiger partial charge >= 0.3 is 0 Å². The number of phenols is 1. The maximum atomic E-state index is 12.3. The molecule has 2 rings (SSSR count). The van der Waals surface area contributed by atoms with Crippen LogP contribution in [-0.2, 0) is 4.79 Å². The number of carbonyl (C=O) groups is 1. The number of nitrogens with two attached hydrogens (primary N) is 1. The molecule has 1 amide bonds. The van der Waals surface area contributed by atoms with E-state index in [-0.39, 0.29) is 33.5 Å². The van der Waals surface area contributed by atoms with E-state index in [1.807, 2.05) is 0 Å². The molecule has 1 aromatic rings. The first kappa shape index (κ1) is 15.4. The molecule has 1 aromatic carbocycles. The summed E-state index contributed by atoms with van der Waals surface area (Å²) >= 11 is 11.7. The normalized spacial score (nSPS) is 22.6. The number of benzene rings is 1. The SMILES string of the molecule is NCC1CCCCC1C(=O)Nc1cc(Cl)c(O)c(Cl)c1. The Kier molecular flexibility index (Phi) is 5.13. The van der Waals surface area contributed by atoms with Crippen LogP contribution in [0.2, 0.25) is 10.0 Å². The fraction of sp³-hybridized carbons (Fsp3) is 0.500. The molecule has 2 atom stereocenters. The lowest BCUT2D eigenvalue weighted by atomic mass is 9.78. The number of hydrogen-bond donors (Lipinski definition) is 3. The van der Waals surface area contributed by atoms with Gasteiger partial charge in [0.15, 0.2) is 5.75 Å². The van der Waals surface area contributed by atoms with Gasteiger partial charge in [0, 0.05) is 11.6 Å². The van der Waals surface area contributed by atoms with Crippen LogP contribution in [0.3, 0.4) is 0 Å². The van der Waals surface area contributed by atoms with Gasteiger partial charge in [-0.15, -0.1) is 0 Å². The van der Waals surface area contributed by atoms with Crippen LogP contribution in [0.4, 0.5) is 5.69 Å². The molecule has 110 valence electrons. The van der Waals surface area contributed by atoms with Gasteiger partial charge in [0.25, 0.3) is 0 Å². The summed E-state index contributed by atoms with van der Waals surface area (Å²) in [6.07, 6.45) is 4.02. The maximum Gasteiger partial charge on any atom is 0.227 e. The van der Waals surface area contributed by atoms with Gasteiger partial charge in [0.05, 0.1) is 10.0 Å². The fourth-order valence-corrected chi connectivity index (χ4v) is 3.19. The van der Waals surface area contributed by atoms with Crippen molar-refractivity contribution in [2.75, 3.05) is 11.9 Å². The molecule has 2 unspecified atom stereocenters. The third kappa shape index (κ3) is 3.37. The number of hydrogen-bond acceptors (Lipinski definition) is 3. The number of phenolic OH excluding ortho intramolecular Hbond substituents is 1. The predicted octanol–water partition coefficient (Wildman–Crippen LogP) is 3.40. The van der Waals surface area contributed by atoms with Gasteiger partial charge < -0.3 is 16.2 Å². The second kappa shape index (κ2) is 6.66. The number of halogens is 2. The zero-order chi connectivity index (χ0) is 14.7. The highest BCUT2D eigenvalue weighted by atomic mass is 35.5. The van der Waals surface area contributed by atoms with Gasteiger partial charge in [0.2, 0.25) is 5.91 Å². The molecule has 0 aromatic heterocycles. The molecule has 4 nitrogen and oxygen atoms in total. The summed E-state index contributed by atoms with van der Waals surface area (Å²) < 4.78 is 0. The molecular weight excluding hydrogens is 299 g/mol. The first-order chi connectivity index (χ1) is 9.52. The predicted molar refractivity (Wildman–Crippen MR) is 81.3 cm³/mol. The van der Waals surface area contributed by atoms with Crippen molar-refractivity contribution in [1.29, 1.82) is 0 Å². The lowest BCUT2D eigenvalue weighted by Crippen LogP contribution is -2.35. The van der Waals surface area contributed by atoms with Gasteiger partial charge in [-0.3, -0.25) is 4.79 Å². The Morgan fingerprint density at radius 3 is 2.50 bits per heavy atom. The minimum Gasteiger partial charge on any atom is -0.505 e. The third-order valence-electron chi connectivity index (χ3n) is 3.83. The second-order valence-electron chi connectivity index (χ2n) is 5.16. The highest BCUT2D eigenvalue weighted by Gasteiger charge is 2.30. The summed E-state index contributed by atoms with van der Waals surface area (Å²) in [5.74, 6) is -0.0753. The Labute approximate surface area is 128 Å². The number of anilines is 1. The van der Waals surface area contributed by atoms with Gasteiger partial charge in [-0.25, -0.2) is 0 Å².